The maximum Gasteiger partial charge on any atom is 0.332 e. The third-order valence-corrected chi connectivity index (χ3v) is 6.51. The fourth-order valence-corrected chi connectivity index (χ4v) is 5.20. The van der Waals surface area contributed by atoms with Crippen molar-refractivity contribution in [2.75, 3.05) is 6.61 Å². The zero-order valence-electron chi connectivity index (χ0n) is 16.1. The standard InChI is InChI=1S/C21H21FN2O4S/c1-2-28-17(25)12-23-19(26)18-14-8-4-6-10-16(14)29-20(18)24(21(23)27)11-13-7-3-5-9-15(13)22/h3,5,7,9H,2,4,6,8,10-12H2,1H3. The molecular formula is C21H21FN2O4S. The number of ether oxygens (including phenoxy) is 1. The van der Waals surface area contributed by atoms with E-state index in [9.17, 15) is 18.8 Å². The van der Waals surface area contributed by atoms with Crippen LogP contribution in [-0.2, 0) is 35.5 Å². The van der Waals surface area contributed by atoms with Gasteiger partial charge >= 0.3 is 11.7 Å². The summed E-state index contributed by atoms with van der Waals surface area (Å²) in [5.74, 6) is -1.07. The lowest BCUT2D eigenvalue weighted by Crippen LogP contribution is -2.42. The fourth-order valence-electron chi connectivity index (χ4n) is 3.83. The van der Waals surface area contributed by atoms with Crippen LogP contribution in [0.25, 0.3) is 10.2 Å². The molecule has 8 heteroatoms. The molecule has 0 fully saturated rings. The minimum absolute atomic E-state index is 0.00942. The molecule has 152 valence electrons. The number of carbonyl (C=O) groups is 1. The van der Waals surface area contributed by atoms with Crippen molar-refractivity contribution in [2.45, 2.75) is 45.7 Å². The van der Waals surface area contributed by atoms with Crippen LogP contribution in [0.2, 0.25) is 0 Å². The Labute approximate surface area is 170 Å². The van der Waals surface area contributed by atoms with E-state index in [1.54, 1.807) is 25.1 Å². The number of rotatable bonds is 5. The van der Waals surface area contributed by atoms with E-state index in [4.69, 9.17) is 4.74 Å². The summed E-state index contributed by atoms with van der Waals surface area (Å²) < 4.78 is 21.5. The summed E-state index contributed by atoms with van der Waals surface area (Å²) >= 11 is 1.43. The van der Waals surface area contributed by atoms with E-state index in [-0.39, 0.29) is 13.2 Å². The van der Waals surface area contributed by atoms with E-state index >= 15 is 0 Å². The first kappa shape index (κ1) is 19.6. The molecule has 0 amide bonds. The average Bonchev–Trinajstić information content (AvgIpc) is 3.09. The average molecular weight is 416 g/mol. The molecule has 0 atom stereocenters. The number of nitrogens with zero attached hydrogens (tertiary/aromatic N) is 2. The first-order valence-electron chi connectivity index (χ1n) is 9.68. The lowest BCUT2D eigenvalue weighted by Gasteiger charge is -2.13. The summed E-state index contributed by atoms with van der Waals surface area (Å²) in [7, 11) is 0. The molecule has 0 bridgehead atoms. The van der Waals surface area contributed by atoms with Gasteiger partial charge in [0.25, 0.3) is 5.56 Å². The quantitative estimate of drug-likeness (QED) is 0.600. The van der Waals surface area contributed by atoms with Crippen LogP contribution in [0.5, 0.6) is 0 Å². The highest BCUT2D eigenvalue weighted by Gasteiger charge is 2.24. The minimum atomic E-state index is -0.646. The Hall–Kier alpha value is -2.74. The second kappa shape index (κ2) is 7.94. The summed E-state index contributed by atoms with van der Waals surface area (Å²) in [4.78, 5) is 40.0. The molecular weight excluding hydrogens is 395 g/mol. The zero-order valence-corrected chi connectivity index (χ0v) is 16.9. The van der Waals surface area contributed by atoms with Crippen LogP contribution >= 0.6 is 11.3 Å². The molecule has 0 spiro atoms. The highest BCUT2D eigenvalue weighted by Crippen LogP contribution is 2.34. The molecule has 4 rings (SSSR count). The number of benzene rings is 1. The summed E-state index contributed by atoms with van der Waals surface area (Å²) in [5, 5.41) is 0.477. The van der Waals surface area contributed by atoms with E-state index in [1.807, 2.05) is 0 Å². The highest BCUT2D eigenvalue weighted by molar-refractivity contribution is 7.18. The Kier molecular flexibility index (Phi) is 5.36. The van der Waals surface area contributed by atoms with Crippen LogP contribution in [0.15, 0.2) is 33.9 Å². The van der Waals surface area contributed by atoms with E-state index in [0.717, 1.165) is 40.7 Å². The van der Waals surface area contributed by atoms with Gasteiger partial charge in [0.2, 0.25) is 0 Å². The van der Waals surface area contributed by atoms with Crippen LogP contribution in [0, 0.1) is 5.82 Å². The van der Waals surface area contributed by atoms with Gasteiger partial charge in [-0.25, -0.2) is 13.8 Å². The Morgan fingerprint density at radius 2 is 1.93 bits per heavy atom. The number of aromatic nitrogens is 2. The van der Waals surface area contributed by atoms with Gasteiger partial charge in [-0.1, -0.05) is 18.2 Å². The predicted octanol–water partition coefficient (Wildman–Crippen LogP) is 2.85. The van der Waals surface area contributed by atoms with Gasteiger partial charge in [-0.05, 0) is 44.2 Å². The Bertz CT molecular complexity index is 1210. The van der Waals surface area contributed by atoms with Gasteiger partial charge in [0.15, 0.2) is 0 Å². The van der Waals surface area contributed by atoms with Crippen molar-refractivity contribution in [2.24, 2.45) is 0 Å². The molecule has 1 aliphatic carbocycles. The number of thiophene rings is 1. The molecule has 6 nitrogen and oxygen atoms in total. The highest BCUT2D eigenvalue weighted by atomic mass is 32.1. The van der Waals surface area contributed by atoms with Crippen molar-refractivity contribution in [1.29, 1.82) is 0 Å². The molecule has 1 aromatic carbocycles. The number of halogens is 1. The Balaban J connectivity index is 1.96. The molecule has 0 N–H and O–H groups in total. The van der Waals surface area contributed by atoms with Gasteiger partial charge in [-0.2, -0.15) is 0 Å². The normalized spacial score (nSPS) is 13.4. The van der Waals surface area contributed by atoms with Gasteiger partial charge in [0, 0.05) is 10.4 Å². The second-order valence-corrected chi connectivity index (χ2v) is 8.13. The number of carbonyl (C=O) groups excluding carboxylic acids is 1. The number of hydrogen-bond donors (Lipinski definition) is 0. The van der Waals surface area contributed by atoms with Gasteiger partial charge in [-0.3, -0.25) is 14.2 Å². The lowest BCUT2D eigenvalue weighted by molar-refractivity contribution is -0.143. The zero-order chi connectivity index (χ0) is 20.5. The van der Waals surface area contributed by atoms with Crippen molar-refractivity contribution in [1.82, 2.24) is 9.13 Å². The van der Waals surface area contributed by atoms with Crippen molar-refractivity contribution in [3.8, 4) is 0 Å². The summed E-state index contributed by atoms with van der Waals surface area (Å²) in [6.45, 7) is 1.36. The molecule has 0 radical (unpaired) electrons. The lowest BCUT2D eigenvalue weighted by atomic mass is 9.97. The first-order chi connectivity index (χ1) is 14.0. The molecule has 29 heavy (non-hydrogen) atoms. The molecule has 3 aromatic rings. The van der Waals surface area contributed by atoms with Crippen LogP contribution in [0.3, 0.4) is 0 Å². The number of esters is 1. The number of fused-ring (bicyclic) bond motifs is 3. The maximum absolute atomic E-state index is 14.3. The van der Waals surface area contributed by atoms with Crippen LogP contribution in [0.4, 0.5) is 4.39 Å². The third-order valence-electron chi connectivity index (χ3n) is 5.20. The number of hydrogen-bond acceptors (Lipinski definition) is 5. The van der Waals surface area contributed by atoms with E-state index in [2.05, 4.69) is 0 Å². The topological polar surface area (TPSA) is 70.3 Å². The Morgan fingerprint density at radius 1 is 1.17 bits per heavy atom. The van der Waals surface area contributed by atoms with E-state index in [1.165, 1.54) is 22.0 Å². The van der Waals surface area contributed by atoms with E-state index < -0.39 is 29.6 Å². The predicted molar refractivity (Wildman–Crippen MR) is 109 cm³/mol. The van der Waals surface area contributed by atoms with Gasteiger partial charge in [-0.15, -0.1) is 11.3 Å². The van der Waals surface area contributed by atoms with Crippen LogP contribution in [0.1, 0.15) is 35.8 Å². The minimum Gasteiger partial charge on any atom is -0.465 e. The molecule has 0 aliphatic heterocycles. The molecule has 0 unspecified atom stereocenters. The van der Waals surface area contributed by atoms with Crippen molar-refractivity contribution in [3.05, 3.63) is 66.9 Å². The summed E-state index contributed by atoms with van der Waals surface area (Å²) in [6, 6.07) is 6.24. The van der Waals surface area contributed by atoms with Crippen molar-refractivity contribution >= 4 is 27.5 Å². The first-order valence-corrected chi connectivity index (χ1v) is 10.5. The van der Waals surface area contributed by atoms with Gasteiger partial charge < -0.3 is 4.74 Å². The van der Waals surface area contributed by atoms with Crippen LogP contribution in [-0.4, -0.2) is 21.7 Å². The molecule has 0 saturated heterocycles. The third kappa shape index (κ3) is 3.53. The Morgan fingerprint density at radius 3 is 2.69 bits per heavy atom. The van der Waals surface area contributed by atoms with Crippen LogP contribution < -0.4 is 11.2 Å². The smallest absolute Gasteiger partial charge is 0.332 e. The van der Waals surface area contributed by atoms with Gasteiger partial charge in [0.05, 0.1) is 18.5 Å². The van der Waals surface area contributed by atoms with Crippen molar-refractivity contribution in [3.63, 3.8) is 0 Å². The largest absolute Gasteiger partial charge is 0.465 e. The summed E-state index contributed by atoms with van der Waals surface area (Å²) in [6.07, 6.45) is 3.64. The fraction of sp³-hybridized carbons (Fsp3) is 0.381. The molecule has 2 aromatic heterocycles. The van der Waals surface area contributed by atoms with Gasteiger partial charge in [0.1, 0.15) is 17.2 Å². The van der Waals surface area contributed by atoms with E-state index in [0.29, 0.717) is 15.8 Å². The monoisotopic (exact) mass is 416 g/mol. The SMILES string of the molecule is CCOC(=O)Cn1c(=O)c2c3c(sc2n(Cc2ccccc2F)c1=O)CCCC3. The van der Waals surface area contributed by atoms with Crippen molar-refractivity contribution < 1.29 is 13.9 Å². The second-order valence-electron chi connectivity index (χ2n) is 7.05. The summed E-state index contributed by atoms with van der Waals surface area (Å²) in [5.41, 5.74) is 0.212. The number of aryl methyl sites for hydroxylation is 2. The maximum atomic E-state index is 14.3. The molecule has 1 aliphatic rings. The molecule has 2 heterocycles. The molecule has 0 saturated carbocycles.